The third kappa shape index (κ3) is 3.99. The van der Waals surface area contributed by atoms with E-state index in [1.54, 1.807) is 0 Å². The second kappa shape index (κ2) is 6.97. The summed E-state index contributed by atoms with van der Waals surface area (Å²) in [5, 5.41) is 0.744. The topological polar surface area (TPSA) is 35.2 Å². The van der Waals surface area contributed by atoms with Crippen LogP contribution in [0.3, 0.4) is 0 Å². The number of rotatable bonds is 5. The number of hydrogen-bond donors (Lipinski definition) is 1. The van der Waals surface area contributed by atoms with Crippen LogP contribution in [0.15, 0.2) is 42.5 Å². The highest BCUT2D eigenvalue weighted by Gasteiger charge is 2.20. The molecule has 3 heteroatoms. The van der Waals surface area contributed by atoms with E-state index in [4.69, 9.17) is 22.1 Å². The Morgan fingerprint density at radius 1 is 1.10 bits per heavy atom. The van der Waals surface area contributed by atoms with Crippen molar-refractivity contribution in [3.63, 3.8) is 0 Å². The maximum absolute atomic E-state index is 6.25. The Labute approximate surface area is 131 Å². The van der Waals surface area contributed by atoms with E-state index < -0.39 is 0 Å². The molecule has 0 aromatic heterocycles. The van der Waals surface area contributed by atoms with E-state index in [0.29, 0.717) is 0 Å². The molecule has 0 aliphatic rings. The monoisotopic (exact) mass is 303 g/mol. The smallest absolute Gasteiger partial charge is 0.139 e. The summed E-state index contributed by atoms with van der Waals surface area (Å²) in [5.41, 5.74) is 9.58. The lowest BCUT2D eigenvalue weighted by atomic mass is 9.99. The molecular formula is C18H22ClNO. The minimum Gasteiger partial charge on any atom is -0.484 e. The SMILES string of the molecule is CCC(N)C(Oc1ccc(Cl)c(C)c1)c1ccc(C)cc1. The molecule has 0 bridgehead atoms. The Hall–Kier alpha value is -1.51. The summed E-state index contributed by atoms with van der Waals surface area (Å²) in [7, 11) is 0. The summed E-state index contributed by atoms with van der Waals surface area (Å²) >= 11 is 6.06. The van der Waals surface area contributed by atoms with Gasteiger partial charge >= 0.3 is 0 Å². The van der Waals surface area contributed by atoms with Gasteiger partial charge in [0.25, 0.3) is 0 Å². The molecule has 0 aliphatic carbocycles. The fourth-order valence-corrected chi connectivity index (χ4v) is 2.33. The van der Waals surface area contributed by atoms with Gasteiger partial charge in [0, 0.05) is 11.1 Å². The Balaban J connectivity index is 2.28. The normalized spacial score (nSPS) is 13.8. The van der Waals surface area contributed by atoms with E-state index in [1.165, 1.54) is 5.56 Å². The highest BCUT2D eigenvalue weighted by atomic mass is 35.5. The van der Waals surface area contributed by atoms with Crippen molar-refractivity contribution in [1.29, 1.82) is 0 Å². The molecule has 0 spiro atoms. The zero-order valence-electron chi connectivity index (χ0n) is 12.8. The van der Waals surface area contributed by atoms with Crippen molar-refractivity contribution in [2.75, 3.05) is 0 Å². The lowest BCUT2D eigenvalue weighted by molar-refractivity contribution is 0.171. The van der Waals surface area contributed by atoms with E-state index in [9.17, 15) is 0 Å². The van der Waals surface area contributed by atoms with Gasteiger partial charge < -0.3 is 10.5 Å². The first kappa shape index (κ1) is 15.9. The number of nitrogens with two attached hydrogens (primary N) is 1. The molecule has 2 atom stereocenters. The molecule has 0 heterocycles. The van der Waals surface area contributed by atoms with E-state index in [-0.39, 0.29) is 12.1 Å². The van der Waals surface area contributed by atoms with Gasteiger partial charge in [-0.05, 0) is 49.6 Å². The minimum atomic E-state index is -0.156. The number of benzene rings is 2. The minimum absolute atomic E-state index is 0.0521. The maximum Gasteiger partial charge on any atom is 0.139 e. The second-order valence-corrected chi connectivity index (χ2v) is 5.84. The van der Waals surface area contributed by atoms with Crippen LogP contribution in [0.2, 0.25) is 5.02 Å². The Morgan fingerprint density at radius 2 is 1.76 bits per heavy atom. The molecule has 2 aromatic carbocycles. The van der Waals surface area contributed by atoms with Gasteiger partial charge in [-0.1, -0.05) is 48.4 Å². The first-order valence-corrected chi connectivity index (χ1v) is 7.64. The molecule has 0 fully saturated rings. The predicted molar refractivity (Wildman–Crippen MR) is 89.0 cm³/mol. The molecule has 0 saturated carbocycles. The van der Waals surface area contributed by atoms with Gasteiger partial charge in [0.1, 0.15) is 11.9 Å². The average Bonchev–Trinajstić information content (AvgIpc) is 2.48. The lowest BCUT2D eigenvalue weighted by Gasteiger charge is -2.25. The van der Waals surface area contributed by atoms with Gasteiger partial charge in [0.15, 0.2) is 0 Å². The van der Waals surface area contributed by atoms with E-state index in [0.717, 1.165) is 28.3 Å². The summed E-state index contributed by atoms with van der Waals surface area (Å²) < 4.78 is 6.15. The van der Waals surface area contributed by atoms with Gasteiger partial charge in [-0.25, -0.2) is 0 Å². The summed E-state index contributed by atoms with van der Waals surface area (Å²) in [6.45, 7) is 6.11. The van der Waals surface area contributed by atoms with Gasteiger partial charge in [0.05, 0.1) is 0 Å². The van der Waals surface area contributed by atoms with E-state index >= 15 is 0 Å². The fourth-order valence-electron chi connectivity index (χ4n) is 2.21. The van der Waals surface area contributed by atoms with Crippen molar-refractivity contribution in [3.8, 4) is 5.75 Å². The molecule has 0 radical (unpaired) electrons. The molecular weight excluding hydrogens is 282 g/mol. The zero-order chi connectivity index (χ0) is 15.4. The van der Waals surface area contributed by atoms with Crippen LogP contribution in [-0.2, 0) is 0 Å². The highest BCUT2D eigenvalue weighted by Crippen LogP contribution is 2.28. The van der Waals surface area contributed by atoms with Crippen LogP contribution in [0.25, 0.3) is 0 Å². The Kier molecular flexibility index (Phi) is 5.27. The van der Waals surface area contributed by atoms with Crippen LogP contribution in [0.5, 0.6) is 5.75 Å². The Bertz CT molecular complexity index is 595. The van der Waals surface area contributed by atoms with Crippen molar-refractivity contribution in [2.45, 2.75) is 39.3 Å². The molecule has 2 nitrogen and oxygen atoms in total. The first-order valence-electron chi connectivity index (χ1n) is 7.26. The van der Waals surface area contributed by atoms with Crippen LogP contribution in [0.1, 0.15) is 36.1 Å². The maximum atomic E-state index is 6.25. The number of hydrogen-bond acceptors (Lipinski definition) is 2. The van der Waals surface area contributed by atoms with Crippen molar-refractivity contribution >= 4 is 11.6 Å². The summed E-state index contributed by atoms with van der Waals surface area (Å²) in [5.74, 6) is 0.798. The molecule has 2 unspecified atom stereocenters. The second-order valence-electron chi connectivity index (χ2n) is 5.43. The summed E-state index contributed by atoms with van der Waals surface area (Å²) in [6.07, 6.45) is 0.696. The van der Waals surface area contributed by atoms with Crippen LogP contribution >= 0.6 is 11.6 Å². The molecule has 2 aromatic rings. The van der Waals surface area contributed by atoms with E-state index in [2.05, 4.69) is 38.1 Å². The summed E-state index contributed by atoms with van der Waals surface area (Å²) in [6, 6.07) is 14.0. The molecule has 112 valence electrons. The summed E-state index contributed by atoms with van der Waals surface area (Å²) in [4.78, 5) is 0. The van der Waals surface area contributed by atoms with Crippen molar-refractivity contribution in [3.05, 3.63) is 64.2 Å². The van der Waals surface area contributed by atoms with Gasteiger partial charge in [-0.2, -0.15) is 0 Å². The van der Waals surface area contributed by atoms with Crippen LogP contribution in [-0.4, -0.2) is 6.04 Å². The van der Waals surface area contributed by atoms with Crippen molar-refractivity contribution in [1.82, 2.24) is 0 Å². The average molecular weight is 304 g/mol. The van der Waals surface area contributed by atoms with Crippen LogP contribution in [0, 0.1) is 13.8 Å². The largest absolute Gasteiger partial charge is 0.484 e. The quantitative estimate of drug-likeness (QED) is 0.860. The third-order valence-electron chi connectivity index (χ3n) is 3.66. The molecule has 0 saturated heterocycles. The zero-order valence-corrected chi connectivity index (χ0v) is 13.5. The molecule has 2 rings (SSSR count). The lowest BCUT2D eigenvalue weighted by Crippen LogP contribution is -2.31. The number of ether oxygens (including phenoxy) is 1. The third-order valence-corrected chi connectivity index (χ3v) is 4.08. The van der Waals surface area contributed by atoms with Crippen LogP contribution < -0.4 is 10.5 Å². The number of halogens is 1. The van der Waals surface area contributed by atoms with Gasteiger partial charge in [-0.3, -0.25) is 0 Å². The number of aryl methyl sites for hydroxylation is 2. The first-order chi connectivity index (χ1) is 10.0. The molecule has 2 N–H and O–H groups in total. The fraction of sp³-hybridized carbons (Fsp3) is 0.333. The van der Waals surface area contributed by atoms with Crippen molar-refractivity contribution in [2.24, 2.45) is 5.73 Å². The standard InChI is InChI=1S/C18H22ClNO/c1-4-17(20)18(14-7-5-12(2)6-8-14)21-15-9-10-16(19)13(3)11-15/h5-11,17-18H,4,20H2,1-3H3. The van der Waals surface area contributed by atoms with Gasteiger partial charge in [0.2, 0.25) is 0 Å². The van der Waals surface area contributed by atoms with Crippen LogP contribution in [0.4, 0.5) is 0 Å². The molecule has 0 aliphatic heterocycles. The van der Waals surface area contributed by atoms with Gasteiger partial charge in [-0.15, -0.1) is 0 Å². The Morgan fingerprint density at radius 3 is 2.33 bits per heavy atom. The molecule has 0 amide bonds. The highest BCUT2D eigenvalue weighted by molar-refractivity contribution is 6.31. The van der Waals surface area contributed by atoms with E-state index in [1.807, 2.05) is 25.1 Å². The molecule has 21 heavy (non-hydrogen) atoms. The van der Waals surface area contributed by atoms with Crippen molar-refractivity contribution < 1.29 is 4.74 Å². The predicted octanol–water partition coefficient (Wildman–Crippen LogP) is 4.81.